The van der Waals surface area contributed by atoms with Gasteiger partial charge in [-0.3, -0.25) is 4.79 Å². The second kappa shape index (κ2) is 6.76. The van der Waals surface area contributed by atoms with Crippen LogP contribution in [0.25, 0.3) is 0 Å². The van der Waals surface area contributed by atoms with Crippen molar-refractivity contribution in [1.29, 1.82) is 0 Å². The number of hydrogen-bond donors (Lipinski definition) is 3. The average molecular weight is 248 g/mol. The molecule has 5 nitrogen and oxygen atoms in total. The summed E-state index contributed by atoms with van der Waals surface area (Å²) in [6, 6.07) is 8.41. The number of benzene rings is 1. The molecule has 0 radical (unpaired) electrons. The van der Waals surface area contributed by atoms with Crippen molar-refractivity contribution in [3.05, 3.63) is 35.9 Å². The second-order valence-electron chi connectivity index (χ2n) is 3.57. The van der Waals surface area contributed by atoms with Crippen molar-refractivity contribution in [3.8, 4) is 0 Å². The summed E-state index contributed by atoms with van der Waals surface area (Å²) in [5, 5.41) is 27.1. The Kier molecular flexibility index (Phi) is 6.41. The van der Waals surface area contributed by atoms with Gasteiger partial charge >= 0.3 is 41.5 Å². The molecule has 1 unspecified atom stereocenters. The third-order valence-electron chi connectivity index (χ3n) is 2.18. The Labute approximate surface area is 120 Å². The number of carboxylic acid groups (broad SMARTS) is 2. The third kappa shape index (κ3) is 4.87. The number of carbonyl (C=O) groups is 2. The van der Waals surface area contributed by atoms with E-state index in [0.29, 0.717) is 5.56 Å². The van der Waals surface area contributed by atoms with Crippen molar-refractivity contribution in [2.24, 2.45) is 0 Å². The maximum atomic E-state index is 10.8. The van der Waals surface area contributed by atoms with Gasteiger partial charge in [-0.1, -0.05) is 30.3 Å². The van der Waals surface area contributed by atoms with Gasteiger partial charge in [-0.25, -0.2) is 4.79 Å². The molecule has 0 heterocycles. The number of hydrogen-bond acceptors (Lipinski definition) is 3. The van der Waals surface area contributed by atoms with E-state index < -0.39 is 24.0 Å². The van der Waals surface area contributed by atoms with E-state index in [1.165, 1.54) is 0 Å². The van der Waals surface area contributed by atoms with E-state index in [2.05, 4.69) is 0 Å². The normalized spacial score (nSPS) is 13.2. The van der Waals surface area contributed by atoms with Gasteiger partial charge in [0, 0.05) is 6.42 Å². The van der Waals surface area contributed by atoms with Crippen molar-refractivity contribution in [1.82, 2.24) is 0 Å². The molecular weight excluding hydrogens is 235 g/mol. The molecule has 1 atom stereocenters. The number of carboxylic acids is 2. The SMILES string of the molecule is O=C(O)CC(O)(Cc1ccccc1)C(=O)O.[NaH]. The monoisotopic (exact) mass is 248 g/mol. The standard InChI is InChI=1S/C11H12O5.Na.H/c12-9(13)7-11(16,10(14)15)6-8-4-2-1-3-5-8;;/h1-5,16H,6-7H2,(H,12,13)(H,14,15);;. The maximum absolute atomic E-state index is 10.8. The number of aliphatic hydroxyl groups is 1. The first-order valence-electron chi connectivity index (χ1n) is 4.65. The van der Waals surface area contributed by atoms with Crippen molar-refractivity contribution in [2.75, 3.05) is 0 Å². The van der Waals surface area contributed by atoms with E-state index in [1.807, 2.05) is 0 Å². The van der Waals surface area contributed by atoms with Gasteiger partial charge in [0.05, 0.1) is 6.42 Å². The summed E-state index contributed by atoms with van der Waals surface area (Å²) in [5.74, 6) is -2.88. The zero-order valence-electron chi connectivity index (χ0n) is 8.46. The molecular formula is C11H13NaO5. The van der Waals surface area contributed by atoms with Crippen LogP contribution in [0.4, 0.5) is 0 Å². The fourth-order valence-electron chi connectivity index (χ4n) is 1.40. The molecule has 0 aromatic heterocycles. The van der Waals surface area contributed by atoms with Crippen LogP contribution in [0.15, 0.2) is 30.3 Å². The van der Waals surface area contributed by atoms with Crippen LogP contribution >= 0.6 is 0 Å². The summed E-state index contributed by atoms with van der Waals surface area (Å²) in [4.78, 5) is 21.3. The quantitative estimate of drug-likeness (QED) is 0.631. The zero-order chi connectivity index (χ0) is 12.2. The van der Waals surface area contributed by atoms with Crippen LogP contribution in [-0.2, 0) is 16.0 Å². The molecule has 88 valence electrons. The molecule has 1 rings (SSSR count). The number of rotatable bonds is 5. The summed E-state index contributed by atoms with van der Waals surface area (Å²) in [6.07, 6.45) is -1.05. The summed E-state index contributed by atoms with van der Waals surface area (Å²) in [7, 11) is 0. The molecule has 3 N–H and O–H groups in total. The first kappa shape index (κ1) is 16.1. The topological polar surface area (TPSA) is 94.8 Å². The first-order chi connectivity index (χ1) is 7.44. The Bertz CT molecular complexity index is 392. The zero-order valence-corrected chi connectivity index (χ0v) is 8.46. The van der Waals surface area contributed by atoms with Crippen LogP contribution < -0.4 is 0 Å². The molecule has 0 bridgehead atoms. The summed E-state index contributed by atoms with van der Waals surface area (Å²) in [5.41, 5.74) is -1.68. The molecule has 0 aliphatic carbocycles. The van der Waals surface area contributed by atoms with E-state index in [4.69, 9.17) is 10.2 Å². The molecule has 6 heteroatoms. The molecule has 0 aliphatic rings. The van der Waals surface area contributed by atoms with Crippen LogP contribution in [0.5, 0.6) is 0 Å². The van der Waals surface area contributed by atoms with Crippen molar-refractivity contribution in [3.63, 3.8) is 0 Å². The molecule has 17 heavy (non-hydrogen) atoms. The molecule has 1 aromatic carbocycles. The van der Waals surface area contributed by atoms with Crippen LogP contribution in [0.1, 0.15) is 12.0 Å². The van der Waals surface area contributed by atoms with Crippen molar-refractivity contribution in [2.45, 2.75) is 18.4 Å². The average Bonchev–Trinajstić information content (AvgIpc) is 2.17. The van der Waals surface area contributed by atoms with E-state index >= 15 is 0 Å². The molecule has 0 fully saturated rings. The van der Waals surface area contributed by atoms with Crippen LogP contribution in [0.3, 0.4) is 0 Å². The summed E-state index contributed by atoms with van der Waals surface area (Å²) >= 11 is 0. The molecule has 0 saturated heterocycles. The molecule has 0 aliphatic heterocycles. The van der Waals surface area contributed by atoms with Gasteiger partial charge in [-0.05, 0) is 5.56 Å². The van der Waals surface area contributed by atoms with Gasteiger partial charge in [0.2, 0.25) is 0 Å². The fourth-order valence-corrected chi connectivity index (χ4v) is 1.40. The van der Waals surface area contributed by atoms with E-state index in [9.17, 15) is 14.7 Å². The Hall–Kier alpha value is -0.880. The predicted octanol–water partition coefficient (Wildman–Crippen LogP) is -0.129. The summed E-state index contributed by atoms with van der Waals surface area (Å²) in [6.45, 7) is 0. The Morgan fingerprint density at radius 3 is 2.06 bits per heavy atom. The van der Waals surface area contributed by atoms with E-state index in [-0.39, 0.29) is 36.0 Å². The van der Waals surface area contributed by atoms with E-state index in [0.717, 1.165) is 0 Å². The first-order valence-corrected chi connectivity index (χ1v) is 4.65. The Morgan fingerprint density at radius 1 is 1.12 bits per heavy atom. The van der Waals surface area contributed by atoms with Gasteiger partial charge in [-0.2, -0.15) is 0 Å². The molecule has 1 aromatic rings. The Morgan fingerprint density at radius 2 is 1.65 bits per heavy atom. The van der Waals surface area contributed by atoms with Crippen LogP contribution in [0.2, 0.25) is 0 Å². The number of aliphatic carboxylic acids is 2. The van der Waals surface area contributed by atoms with E-state index in [1.54, 1.807) is 30.3 Å². The van der Waals surface area contributed by atoms with Gasteiger partial charge in [0.15, 0.2) is 5.60 Å². The van der Waals surface area contributed by atoms with Crippen molar-refractivity contribution < 1.29 is 24.9 Å². The van der Waals surface area contributed by atoms with Crippen LogP contribution in [0, 0.1) is 0 Å². The predicted molar refractivity (Wildman–Crippen MR) is 62.1 cm³/mol. The Balaban J connectivity index is 0.00000256. The van der Waals surface area contributed by atoms with Crippen molar-refractivity contribution >= 4 is 41.5 Å². The fraction of sp³-hybridized carbons (Fsp3) is 0.273. The van der Waals surface area contributed by atoms with Gasteiger partial charge in [-0.15, -0.1) is 0 Å². The van der Waals surface area contributed by atoms with Gasteiger partial charge in [0.25, 0.3) is 0 Å². The molecule has 0 spiro atoms. The summed E-state index contributed by atoms with van der Waals surface area (Å²) < 4.78 is 0. The van der Waals surface area contributed by atoms with Gasteiger partial charge in [0.1, 0.15) is 0 Å². The second-order valence-corrected chi connectivity index (χ2v) is 3.57. The van der Waals surface area contributed by atoms with Crippen LogP contribution in [-0.4, -0.2) is 62.4 Å². The minimum absolute atomic E-state index is 0. The van der Waals surface area contributed by atoms with Gasteiger partial charge < -0.3 is 15.3 Å². The minimum atomic E-state index is -2.26. The third-order valence-corrected chi connectivity index (χ3v) is 2.18. The molecule has 0 amide bonds. The molecule has 0 saturated carbocycles.